The lowest BCUT2D eigenvalue weighted by Gasteiger charge is -1.81. The van der Waals surface area contributed by atoms with E-state index in [1.54, 1.807) is 6.08 Å². The molecule has 0 aromatic carbocycles. The Balaban J connectivity index is 0. The first-order chi connectivity index (χ1) is 4.54. The molecule has 0 saturated heterocycles. The zero-order chi connectivity index (χ0) is 8.57. The van der Waals surface area contributed by atoms with E-state index in [0.29, 0.717) is 0 Å². The molecular formula is C9H18Si. The van der Waals surface area contributed by atoms with Crippen molar-refractivity contribution in [1.82, 2.24) is 0 Å². The molecule has 0 radical (unpaired) electrons. The average Bonchev–Trinajstić information content (AvgIpc) is 1.89. The maximum Gasteiger partial charge on any atom is 0.0546 e. The Hall–Kier alpha value is -0.563. The van der Waals surface area contributed by atoms with E-state index in [4.69, 9.17) is 0 Å². The van der Waals surface area contributed by atoms with Crippen molar-refractivity contribution in [3.8, 4) is 0 Å². The van der Waals surface area contributed by atoms with Crippen LogP contribution < -0.4 is 0 Å². The van der Waals surface area contributed by atoms with Crippen molar-refractivity contribution in [2.45, 2.75) is 20.0 Å². The summed E-state index contributed by atoms with van der Waals surface area (Å²) in [7, 11) is -0.386. The van der Waals surface area contributed by atoms with E-state index in [-0.39, 0.29) is 8.80 Å². The van der Waals surface area contributed by atoms with E-state index in [2.05, 4.69) is 38.5 Å². The summed E-state index contributed by atoms with van der Waals surface area (Å²) in [4.78, 5) is 0. The smallest absolute Gasteiger partial charge is 0.0546 e. The van der Waals surface area contributed by atoms with Crippen molar-refractivity contribution in [1.29, 1.82) is 0 Å². The van der Waals surface area contributed by atoms with Crippen molar-refractivity contribution in [3.05, 3.63) is 37.1 Å². The predicted molar refractivity (Wildman–Crippen MR) is 54.1 cm³/mol. The summed E-state index contributed by atoms with van der Waals surface area (Å²) >= 11 is 0. The molecule has 0 bridgehead atoms. The van der Waals surface area contributed by atoms with Crippen molar-refractivity contribution in [2.75, 3.05) is 0 Å². The summed E-state index contributed by atoms with van der Waals surface area (Å²) in [6.07, 6.45) is 1.72. The highest BCUT2D eigenvalue weighted by molar-refractivity contribution is 6.61. The lowest BCUT2D eigenvalue weighted by molar-refractivity contribution is 1.58. The predicted octanol–water partition coefficient (Wildman–Crippen LogP) is 2.95. The van der Waals surface area contributed by atoms with Crippen LogP contribution in [0.5, 0.6) is 0 Å². The van der Waals surface area contributed by atoms with Crippen LogP contribution in [0.15, 0.2) is 37.1 Å². The van der Waals surface area contributed by atoms with E-state index < -0.39 is 0 Å². The molecule has 0 atom stereocenters. The number of hydrogen-bond donors (Lipinski definition) is 0. The minimum absolute atomic E-state index is 0.386. The lowest BCUT2D eigenvalue weighted by Crippen LogP contribution is -1.89. The molecule has 0 fully saturated rings. The highest BCUT2D eigenvalue weighted by Gasteiger charge is 1.77. The monoisotopic (exact) mass is 154 g/mol. The van der Waals surface area contributed by atoms with Crippen LogP contribution in [-0.4, -0.2) is 8.80 Å². The van der Waals surface area contributed by atoms with Gasteiger partial charge in [0.15, 0.2) is 0 Å². The fraction of sp³-hybridized carbons (Fsp3) is 0.333. The Morgan fingerprint density at radius 3 is 1.50 bits per heavy atom. The second-order valence-corrected chi connectivity index (χ2v) is 5.49. The average molecular weight is 154 g/mol. The van der Waals surface area contributed by atoms with E-state index in [9.17, 15) is 0 Å². The van der Waals surface area contributed by atoms with Crippen molar-refractivity contribution < 1.29 is 0 Å². The van der Waals surface area contributed by atoms with Crippen molar-refractivity contribution >= 4 is 8.80 Å². The third-order valence-corrected chi connectivity index (χ3v) is 1.76. The lowest BCUT2D eigenvalue weighted by atomic mass is 10.4. The Kier molecular flexibility index (Phi) is 10.2. The quantitative estimate of drug-likeness (QED) is 0.424. The standard InChI is InChI=1S/C5H8.C4H10Si/c2*1-4-5(2)3/h4H,1-2H2,3H3;4-5H,1H2,2-3H3. The molecule has 0 N–H and O–H groups in total. The van der Waals surface area contributed by atoms with Gasteiger partial charge >= 0.3 is 0 Å². The molecule has 0 aliphatic rings. The number of hydrogen-bond acceptors (Lipinski definition) is 0. The molecule has 0 nitrogen and oxygen atoms in total. The minimum Gasteiger partial charge on any atom is -0.107 e. The van der Waals surface area contributed by atoms with Gasteiger partial charge in [0.1, 0.15) is 0 Å². The van der Waals surface area contributed by atoms with Crippen LogP contribution in [0.1, 0.15) is 6.92 Å². The molecule has 0 rings (SSSR count). The molecule has 58 valence electrons. The number of rotatable bonds is 2. The molecule has 0 aromatic rings. The summed E-state index contributed by atoms with van der Waals surface area (Å²) in [5, 5.41) is 0. The molecule has 0 heterocycles. The molecule has 0 aliphatic heterocycles. The molecule has 10 heavy (non-hydrogen) atoms. The Bertz CT molecular complexity index is 112. The molecule has 0 aliphatic carbocycles. The van der Waals surface area contributed by atoms with Crippen LogP contribution in [0.3, 0.4) is 0 Å². The third-order valence-electron chi connectivity index (χ3n) is 0.820. The maximum absolute atomic E-state index is 3.62. The van der Waals surface area contributed by atoms with Crippen LogP contribution in [0, 0.1) is 0 Å². The summed E-state index contributed by atoms with van der Waals surface area (Å²) in [6.45, 7) is 17.0. The molecule has 0 spiro atoms. The summed E-state index contributed by atoms with van der Waals surface area (Å²) in [5.74, 6) is 0. The molecule has 1 heteroatoms. The molecular weight excluding hydrogens is 136 g/mol. The molecule has 0 aromatic heterocycles. The zero-order valence-electron chi connectivity index (χ0n) is 7.35. The van der Waals surface area contributed by atoms with Crippen molar-refractivity contribution in [2.24, 2.45) is 0 Å². The van der Waals surface area contributed by atoms with Gasteiger partial charge in [-0.15, -0.1) is 12.3 Å². The van der Waals surface area contributed by atoms with Crippen LogP contribution in [0.2, 0.25) is 13.1 Å². The summed E-state index contributed by atoms with van der Waals surface area (Å²) < 4.78 is 0. The van der Waals surface area contributed by atoms with Crippen LogP contribution >= 0.6 is 0 Å². The van der Waals surface area contributed by atoms with Crippen LogP contribution in [0.4, 0.5) is 0 Å². The molecule has 0 amide bonds. The van der Waals surface area contributed by atoms with Gasteiger partial charge in [-0.25, -0.2) is 0 Å². The van der Waals surface area contributed by atoms with Crippen LogP contribution in [-0.2, 0) is 0 Å². The SMILES string of the molecule is C=CC(=C)C.C=C[SiH](C)C. The van der Waals surface area contributed by atoms with Crippen LogP contribution in [0.25, 0.3) is 0 Å². The van der Waals surface area contributed by atoms with E-state index in [0.717, 1.165) is 5.57 Å². The second kappa shape index (κ2) is 8.44. The topological polar surface area (TPSA) is 0 Å². The highest BCUT2D eigenvalue weighted by atomic mass is 28.3. The van der Waals surface area contributed by atoms with Gasteiger partial charge in [0.2, 0.25) is 0 Å². The maximum atomic E-state index is 3.62. The zero-order valence-corrected chi connectivity index (χ0v) is 8.51. The van der Waals surface area contributed by atoms with Gasteiger partial charge in [-0.05, 0) is 6.92 Å². The number of allylic oxidation sites excluding steroid dienone is 2. The van der Waals surface area contributed by atoms with Gasteiger partial charge in [0.25, 0.3) is 0 Å². The fourth-order valence-electron chi connectivity index (χ4n) is 0. The van der Waals surface area contributed by atoms with Gasteiger partial charge in [-0.3, -0.25) is 0 Å². The van der Waals surface area contributed by atoms with E-state index in [1.807, 2.05) is 6.92 Å². The Morgan fingerprint density at radius 2 is 1.50 bits per heavy atom. The van der Waals surface area contributed by atoms with E-state index in [1.165, 1.54) is 0 Å². The van der Waals surface area contributed by atoms with Gasteiger partial charge in [-0.2, -0.15) is 0 Å². The third kappa shape index (κ3) is 26.1. The Morgan fingerprint density at radius 1 is 1.30 bits per heavy atom. The Labute approximate surface area is 66.6 Å². The normalized spacial score (nSPS) is 7.60. The highest BCUT2D eigenvalue weighted by Crippen LogP contribution is 1.81. The first-order valence-electron chi connectivity index (χ1n) is 3.45. The van der Waals surface area contributed by atoms with Gasteiger partial charge in [0, 0.05) is 0 Å². The molecule has 0 unspecified atom stereocenters. The summed E-state index contributed by atoms with van der Waals surface area (Å²) in [6, 6.07) is 0. The summed E-state index contributed by atoms with van der Waals surface area (Å²) in [5.41, 5.74) is 3.07. The van der Waals surface area contributed by atoms with Gasteiger partial charge in [0.05, 0.1) is 8.80 Å². The van der Waals surface area contributed by atoms with Gasteiger partial charge < -0.3 is 0 Å². The first kappa shape index (κ1) is 12.1. The largest absolute Gasteiger partial charge is 0.107 e. The van der Waals surface area contributed by atoms with Gasteiger partial charge in [-0.1, -0.05) is 37.9 Å². The molecule has 0 saturated carbocycles. The second-order valence-electron chi connectivity index (χ2n) is 2.53. The van der Waals surface area contributed by atoms with E-state index >= 15 is 0 Å². The first-order valence-corrected chi connectivity index (χ1v) is 6.42. The minimum atomic E-state index is -0.386. The fourth-order valence-corrected chi connectivity index (χ4v) is 0. The van der Waals surface area contributed by atoms with Crippen molar-refractivity contribution in [3.63, 3.8) is 0 Å².